The zero-order chi connectivity index (χ0) is 12.4. The molecule has 0 bridgehead atoms. The summed E-state index contributed by atoms with van der Waals surface area (Å²) < 4.78 is 5.97. The van der Waals surface area contributed by atoms with E-state index in [1.54, 1.807) is 0 Å². The lowest BCUT2D eigenvalue weighted by Crippen LogP contribution is -2.23. The number of ether oxygens (including phenoxy) is 1. The zero-order valence-corrected chi connectivity index (χ0v) is 11.4. The van der Waals surface area contributed by atoms with Crippen LogP contribution in [0, 0.1) is 0 Å². The highest BCUT2D eigenvalue weighted by Crippen LogP contribution is 2.38. The molecule has 1 heterocycles. The van der Waals surface area contributed by atoms with Gasteiger partial charge in [0.1, 0.15) is 11.9 Å². The van der Waals surface area contributed by atoms with Crippen LogP contribution in [0.2, 0.25) is 0 Å². The van der Waals surface area contributed by atoms with Gasteiger partial charge in [0.25, 0.3) is 0 Å². The van der Waals surface area contributed by atoms with Crippen LogP contribution in [0.25, 0.3) is 0 Å². The zero-order valence-electron chi connectivity index (χ0n) is 10.6. The van der Waals surface area contributed by atoms with Crippen LogP contribution in [0.1, 0.15) is 31.2 Å². The highest BCUT2D eigenvalue weighted by atomic mass is 32.2. The Morgan fingerprint density at radius 1 is 1.28 bits per heavy atom. The monoisotopic (exact) mass is 264 g/mol. The van der Waals surface area contributed by atoms with Crippen molar-refractivity contribution >= 4 is 11.8 Å². The van der Waals surface area contributed by atoms with Crippen molar-refractivity contribution in [2.24, 2.45) is 0 Å². The molecule has 1 unspecified atom stereocenters. The summed E-state index contributed by atoms with van der Waals surface area (Å²) in [6, 6.07) is 8.25. The highest BCUT2D eigenvalue weighted by Gasteiger charge is 2.39. The number of benzene rings is 1. The highest BCUT2D eigenvalue weighted by molar-refractivity contribution is 7.99. The minimum atomic E-state index is -0.400. The van der Waals surface area contributed by atoms with Gasteiger partial charge in [-0.3, -0.25) is 0 Å². The molecular weight excluding hydrogens is 244 g/mol. The van der Waals surface area contributed by atoms with E-state index in [0.717, 1.165) is 30.8 Å². The first-order chi connectivity index (χ1) is 8.73. The molecular formula is C15H20O2S. The Labute approximate surface area is 113 Å². The Kier molecular flexibility index (Phi) is 3.53. The molecule has 1 aliphatic heterocycles. The molecule has 18 heavy (non-hydrogen) atoms. The molecule has 1 aromatic rings. The van der Waals surface area contributed by atoms with Gasteiger partial charge in [-0.15, -0.1) is 0 Å². The van der Waals surface area contributed by atoms with Gasteiger partial charge in [-0.2, -0.15) is 11.8 Å². The molecule has 1 saturated carbocycles. The standard InChI is InChI=1S/C15H20O2S/c16-15(7-8-15)10-12-3-5-13(6-4-12)17-14-2-1-9-18-11-14/h3-6,14,16H,1-2,7-11H2. The van der Waals surface area contributed by atoms with E-state index < -0.39 is 5.60 Å². The third-order valence-corrected chi connectivity index (χ3v) is 4.89. The number of rotatable bonds is 4. The van der Waals surface area contributed by atoms with Gasteiger partial charge in [-0.25, -0.2) is 0 Å². The summed E-state index contributed by atoms with van der Waals surface area (Å²) >= 11 is 1.98. The minimum Gasteiger partial charge on any atom is -0.490 e. The summed E-state index contributed by atoms with van der Waals surface area (Å²) in [5.74, 6) is 3.35. The molecule has 1 atom stereocenters. The molecule has 3 heteroatoms. The predicted octanol–water partition coefficient (Wildman–Crippen LogP) is 3.03. The predicted molar refractivity (Wildman–Crippen MR) is 75.3 cm³/mol. The molecule has 1 N–H and O–H groups in total. The lowest BCUT2D eigenvalue weighted by atomic mass is 10.1. The summed E-state index contributed by atoms with van der Waals surface area (Å²) in [7, 11) is 0. The first kappa shape index (κ1) is 12.4. The minimum absolute atomic E-state index is 0.377. The fraction of sp³-hybridized carbons (Fsp3) is 0.600. The quantitative estimate of drug-likeness (QED) is 0.906. The molecule has 1 aromatic carbocycles. The van der Waals surface area contributed by atoms with Gasteiger partial charge in [0.15, 0.2) is 0 Å². The normalized spacial score (nSPS) is 25.7. The fourth-order valence-corrected chi connectivity index (χ4v) is 3.42. The van der Waals surface area contributed by atoms with Crippen LogP contribution in [0.15, 0.2) is 24.3 Å². The van der Waals surface area contributed by atoms with Crippen LogP contribution >= 0.6 is 11.8 Å². The first-order valence-electron chi connectivity index (χ1n) is 6.79. The van der Waals surface area contributed by atoms with Gasteiger partial charge in [-0.05, 0) is 49.1 Å². The second-order valence-electron chi connectivity index (χ2n) is 5.50. The summed E-state index contributed by atoms with van der Waals surface area (Å²) in [5.41, 5.74) is 0.808. The Morgan fingerprint density at radius 3 is 2.67 bits per heavy atom. The van der Waals surface area contributed by atoms with Crippen LogP contribution in [0.4, 0.5) is 0 Å². The van der Waals surface area contributed by atoms with E-state index in [4.69, 9.17) is 4.74 Å². The number of hydrogen-bond donors (Lipinski definition) is 1. The van der Waals surface area contributed by atoms with E-state index in [0.29, 0.717) is 6.10 Å². The van der Waals surface area contributed by atoms with E-state index in [9.17, 15) is 5.11 Å². The summed E-state index contributed by atoms with van der Waals surface area (Å²) in [6.07, 6.45) is 5.50. The smallest absolute Gasteiger partial charge is 0.119 e. The molecule has 3 rings (SSSR count). The molecule has 0 radical (unpaired) electrons. The van der Waals surface area contributed by atoms with E-state index >= 15 is 0 Å². The van der Waals surface area contributed by atoms with Crippen LogP contribution in [0.5, 0.6) is 5.75 Å². The Morgan fingerprint density at radius 2 is 2.06 bits per heavy atom. The molecule has 2 nitrogen and oxygen atoms in total. The van der Waals surface area contributed by atoms with Gasteiger partial charge < -0.3 is 9.84 Å². The molecule has 0 aromatic heterocycles. The molecule has 1 aliphatic carbocycles. The maximum absolute atomic E-state index is 9.88. The van der Waals surface area contributed by atoms with Crippen LogP contribution in [0.3, 0.4) is 0 Å². The SMILES string of the molecule is OC1(Cc2ccc(OC3CCCSC3)cc2)CC1. The van der Waals surface area contributed by atoms with Crippen molar-refractivity contribution in [2.45, 2.75) is 43.8 Å². The fourth-order valence-electron chi connectivity index (χ4n) is 2.38. The second kappa shape index (κ2) is 5.14. The van der Waals surface area contributed by atoms with Crippen LogP contribution in [-0.4, -0.2) is 28.3 Å². The lowest BCUT2D eigenvalue weighted by molar-refractivity contribution is 0.151. The van der Waals surface area contributed by atoms with Crippen molar-refractivity contribution in [1.29, 1.82) is 0 Å². The average Bonchev–Trinajstić information content (AvgIpc) is 3.11. The molecule has 0 spiro atoms. The average molecular weight is 264 g/mol. The largest absolute Gasteiger partial charge is 0.490 e. The second-order valence-corrected chi connectivity index (χ2v) is 6.65. The van der Waals surface area contributed by atoms with Gasteiger partial charge in [0.05, 0.1) is 5.60 Å². The van der Waals surface area contributed by atoms with Crippen LogP contribution in [-0.2, 0) is 6.42 Å². The number of thioether (sulfide) groups is 1. The molecule has 1 saturated heterocycles. The van der Waals surface area contributed by atoms with E-state index in [1.807, 2.05) is 23.9 Å². The third-order valence-electron chi connectivity index (χ3n) is 3.70. The first-order valence-corrected chi connectivity index (χ1v) is 7.95. The Hall–Kier alpha value is -0.670. The van der Waals surface area contributed by atoms with Gasteiger partial charge >= 0.3 is 0 Å². The van der Waals surface area contributed by atoms with Crippen molar-refractivity contribution in [1.82, 2.24) is 0 Å². The van der Waals surface area contributed by atoms with E-state index in [1.165, 1.54) is 24.2 Å². The number of aliphatic hydroxyl groups is 1. The summed E-state index contributed by atoms with van der Waals surface area (Å²) in [5, 5.41) is 9.88. The maximum Gasteiger partial charge on any atom is 0.119 e. The maximum atomic E-state index is 9.88. The van der Waals surface area contributed by atoms with Crippen molar-refractivity contribution in [3.8, 4) is 5.75 Å². The van der Waals surface area contributed by atoms with Crippen molar-refractivity contribution in [2.75, 3.05) is 11.5 Å². The number of hydrogen-bond acceptors (Lipinski definition) is 3. The van der Waals surface area contributed by atoms with Gasteiger partial charge in [0.2, 0.25) is 0 Å². The van der Waals surface area contributed by atoms with Crippen molar-refractivity contribution < 1.29 is 9.84 Å². The molecule has 2 aliphatic rings. The van der Waals surface area contributed by atoms with Gasteiger partial charge in [-0.1, -0.05) is 12.1 Å². The summed E-state index contributed by atoms with van der Waals surface area (Å²) in [4.78, 5) is 0. The Bertz CT molecular complexity index is 391. The molecule has 0 amide bonds. The van der Waals surface area contributed by atoms with Crippen molar-refractivity contribution in [3.63, 3.8) is 0 Å². The third kappa shape index (κ3) is 3.21. The van der Waals surface area contributed by atoms with E-state index in [-0.39, 0.29) is 0 Å². The topological polar surface area (TPSA) is 29.5 Å². The van der Waals surface area contributed by atoms with Gasteiger partial charge in [0, 0.05) is 12.2 Å². The lowest BCUT2D eigenvalue weighted by Gasteiger charge is -2.22. The van der Waals surface area contributed by atoms with Crippen LogP contribution < -0.4 is 4.74 Å². The van der Waals surface area contributed by atoms with E-state index in [2.05, 4.69) is 12.1 Å². The molecule has 2 fully saturated rings. The summed E-state index contributed by atoms with van der Waals surface area (Å²) in [6.45, 7) is 0. The Balaban J connectivity index is 1.56. The van der Waals surface area contributed by atoms with Crippen molar-refractivity contribution in [3.05, 3.63) is 29.8 Å². The molecule has 98 valence electrons.